The van der Waals surface area contributed by atoms with Gasteiger partial charge in [0.1, 0.15) is 5.76 Å². The summed E-state index contributed by atoms with van der Waals surface area (Å²) in [6.45, 7) is 1.19. The third-order valence-corrected chi connectivity index (χ3v) is 3.98. The molecule has 0 aliphatic carbocycles. The predicted molar refractivity (Wildman–Crippen MR) is 96.3 cm³/mol. The molecule has 132 valence electrons. The van der Waals surface area contributed by atoms with Gasteiger partial charge in [-0.2, -0.15) is 0 Å². The average Bonchev–Trinajstić information content (AvgIpc) is 3.27. The van der Waals surface area contributed by atoms with Gasteiger partial charge < -0.3 is 15.1 Å². The highest BCUT2D eigenvalue weighted by atomic mass is 16.3. The molecular formula is C17H23N7O. The number of fused-ring (bicyclic) bond motifs is 1. The van der Waals surface area contributed by atoms with E-state index in [1.807, 2.05) is 55.0 Å². The molecule has 3 rings (SSSR count). The zero-order valence-electron chi connectivity index (χ0n) is 14.7. The predicted octanol–water partition coefficient (Wildman–Crippen LogP) is 1.29. The van der Waals surface area contributed by atoms with E-state index in [0.29, 0.717) is 19.0 Å². The van der Waals surface area contributed by atoms with Crippen LogP contribution in [0.25, 0.3) is 5.65 Å². The molecule has 3 aromatic rings. The van der Waals surface area contributed by atoms with Crippen LogP contribution >= 0.6 is 0 Å². The highest BCUT2D eigenvalue weighted by molar-refractivity contribution is 5.79. The van der Waals surface area contributed by atoms with Gasteiger partial charge in [-0.1, -0.05) is 6.07 Å². The first-order valence-electron chi connectivity index (χ1n) is 8.12. The van der Waals surface area contributed by atoms with Crippen LogP contribution in [0.4, 0.5) is 0 Å². The highest BCUT2D eigenvalue weighted by Crippen LogP contribution is 2.17. The van der Waals surface area contributed by atoms with Crippen LogP contribution in [0.5, 0.6) is 0 Å². The molecule has 0 aliphatic rings. The third-order valence-electron chi connectivity index (χ3n) is 3.98. The Hall–Kier alpha value is -2.87. The fourth-order valence-electron chi connectivity index (χ4n) is 2.61. The van der Waals surface area contributed by atoms with Crippen molar-refractivity contribution in [1.29, 1.82) is 0 Å². The van der Waals surface area contributed by atoms with Gasteiger partial charge in [-0.3, -0.25) is 14.3 Å². The van der Waals surface area contributed by atoms with E-state index >= 15 is 0 Å². The number of nitrogens with zero attached hydrogens (tertiary/aromatic N) is 5. The van der Waals surface area contributed by atoms with Gasteiger partial charge in [-0.15, -0.1) is 10.2 Å². The number of guanidine groups is 1. The standard InChI is InChI=1S/C17H23N7O/c1-18-17(19-11-13(23(2)3)14-7-6-10-25-14)20-12-16-22-21-15-8-4-5-9-24(15)16/h4-10,13H,11-12H2,1-3H3,(H2,18,19,20). The molecule has 25 heavy (non-hydrogen) atoms. The molecule has 8 nitrogen and oxygen atoms in total. The van der Waals surface area contributed by atoms with Crippen LogP contribution in [0, 0.1) is 0 Å². The lowest BCUT2D eigenvalue weighted by molar-refractivity contribution is 0.258. The number of likely N-dealkylation sites (N-methyl/N-ethyl adjacent to an activating group) is 1. The summed E-state index contributed by atoms with van der Waals surface area (Å²) in [5.41, 5.74) is 0.827. The van der Waals surface area contributed by atoms with Crippen LogP contribution in [-0.2, 0) is 6.54 Å². The summed E-state index contributed by atoms with van der Waals surface area (Å²) in [7, 11) is 5.79. The Bertz CT molecular complexity index is 823. The summed E-state index contributed by atoms with van der Waals surface area (Å²) in [5.74, 6) is 2.44. The number of nitrogens with one attached hydrogen (secondary N) is 2. The molecule has 0 saturated carbocycles. The first kappa shape index (κ1) is 17.0. The van der Waals surface area contributed by atoms with E-state index in [-0.39, 0.29) is 6.04 Å². The monoisotopic (exact) mass is 341 g/mol. The molecule has 3 heterocycles. The van der Waals surface area contributed by atoms with Crippen LogP contribution in [0.3, 0.4) is 0 Å². The van der Waals surface area contributed by atoms with E-state index < -0.39 is 0 Å². The van der Waals surface area contributed by atoms with Crippen molar-refractivity contribution < 1.29 is 4.42 Å². The maximum atomic E-state index is 5.53. The Balaban J connectivity index is 1.59. The number of furan rings is 1. The number of pyridine rings is 1. The van der Waals surface area contributed by atoms with Crippen LogP contribution in [-0.4, -0.2) is 53.1 Å². The van der Waals surface area contributed by atoms with Crippen molar-refractivity contribution in [2.24, 2.45) is 4.99 Å². The van der Waals surface area contributed by atoms with Gasteiger partial charge in [0.05, 0.1) is 18.8 Å². The fraction of sp³-hybridized carbons (Fsp3) is 0.353. The normalized spacial score (nSPS) is 13.4. The molecule has 0 radical (unpaired) electrons. The molecule has 8 heteroatoms. The summed E-state index contributed by atoms with van der Waals surface area (Å²) < 4.78 is 7.48. The van der Waals surface area contributed by atoms with E-state index in [4.69, 9.17) is 4.42 Å². The van der Waals surface area contributed by atoms with Crippen molar-refractivity contribution >= 4 is 11.6 Å². The Morgan fingerprint density at radius 1 is 1.24 bits per heavy atom. The topological polar surface area (TPSA) is 83.0 Å². The van der Waals surface area contributed by atoms with E-state index in [2.05, 4.69) is 30.7 Å². The first-order chi connectivity index (χ1) is 12.2. The van der Waals surface area contributed by atoms with Crippen molar-refractivity contribution in [2.45, 2.75) is 12.6 Å². The van der Waals surface area contributed by atoms with E-state index in [1.165, 1.54) is 0 Å². The van der Waals surface area contributed by atoms with Crippen molar-refractivity contribution in [2.75, 3.05) is 27.7 Å². The van der Waals surface area contributed by atoms with E-state index in [1.54, 1.807) is 13.3 Å². The minimum Gasteiger partial charge on any atom is -0.468 e. The number of rotatable bonds is 6. The zero-order chi connectivity index (χ0) is 17.6. The molecule has 0 aliphatic heterocycles. The summed E-state index contributed by atoms with van der Waals surface area (Å²) in [5, 5.41) is 15.0. The molecule has 2 N–H and O–H groups in total. The summed E-state index contributed by atoms with van der Waals surface area (Å²) in [4.78, 5) is 6.37. The minimum absolute atomic E-state index is 0.113. The average molecular weight is 341 g/mol. The lowest BCUT2D eigenvalue weighted by Crippen LogP contribution is -2.41. The molecule has 0 saturated heterocycles. The van der Waals surface area contributed by atoms with Crippen molar-refractivity contribution in [3.05, 3.63) is 54.4 Å². The van der Waals surface area contributed by atoms with Crippen molar-refractivity contribution in [3.63, 3.8) is 0 Å². The summed E-state index contributed by atoms with van der Waals surface area (Å²) >= 11 is 0. The van der Waals surface area contributed by atoms with Gasteiger partial charge in [-0.25, -0.2) is 0 Å². The maximum absolute atomic E-state index is 5.53. The molecular weight excluding hydrogens is 318 g/mol. The largest absolute Gasteiger partial charge is 0.468 e. The van der Waals surface area contributed by atoms with Gasteiger partial charge in [-0.05, 0) is 38.4 Å². The molecule has 0 amide bonds. The van der Waals surface area contributed by atoms with E-state index in [9.17, 15) is 0 Å². The maximum Gasteiger partial charge on any atom is 0.191 e. The minimum atomic E-state index is 0.113. The Morgan fingerprint density at radius 3 is 2.84 bits per heavy atom. The molecule has 1 atom stereocenters. The van der Waals surface area contributed by atoms with Gasteiger partial charge in [0.15, 0.2) is 17.4 Å². The Kier molecular flexibility index (Phi) is 5.30. The van der Waals surface area contributed by atoms with Crippen LogP contribution in [0.15, 0.2) is 52.2 Å². The second-order valence-electron chi connectivity index (χ2n) is 5.85. The second-order valence-corrected chi connectivity index (χ2v) is 5.85. The van der Waals surface area contributed by atoms with Crippen molar-refractivity contribution in [1.82, 2.24) is 30.1 Å². The number of hydrogen-bond acceptors (Lipinski definition) is 5. The number of aliphatic imine (C=N–C) groups is 1. The SMILES string of the molecule is CN=C(NCc1nnc2ccccn12)NCC(c1ccco1)N(C)C. The van der Waals surface area contributed by atoms with Crippen molar-refractivity contribution in [3.8, 4) is 0 Å². The second kappa shape index (κ2) is 7.80. The first-order valence-corrected chi connectivity index (χ1v) is 8.12. The van der Waals surface area contributed by atoms with Crippen LogP contribution < -0.4 is 10.6 Å². The lowest BCUT2D eigenvalue weighted by Gasteiger charge is -2.23. The lowest BCUT2D eigenvalue weighted by atomic mass is 10.2. The molecule has 3 aromatic heterocycles. The van der Waals surface area contributed by atoms with Gasteiger partial charge >= 0.3 is 0 Å². The van der Waals surface area contributed by atoms with Gasteiger partial charge in [0, 0.05) is 19.8 Å². The fourth-order valence-corrected chi connectivity index (χ4v) is 2.61. The van der Waals surface area contributed by atoms with E-state index in [0.717, 1.165) is 17.2 Å². The summed E-state index contributed by atoms with van der Waals surface area (Å²) in [6, 6.07) is 9.81. The number of hydrogen-bond donors (Lipinski definition) is 2. The smallest absolute Gasteiger partial charge is 0.191 e. The van der Waals surface area contributed by atoms with Crippen LogP contribution in [0.1, 0.15) is 17.6 Å². The zero-order valence-corrected chi connectivity index (χ0v) is 14.7. The van der Waals surface area contributed by atoms with Gasteiger partial charge in [0.25, 0.3) is 0 Å². The van der Waals surface area contributed by atoms with Crippen LogP contribution in [0.2, 0.25) is 0 Å². The van der Waals surface area contributed by atoms with Gasteiger partial charge in [0.2, 0.25) is 0 Å². The third kappa shape index (κ3) is 3.97. The molecule has 0 fully saturated rings. The molecule has 1 unspecified atom stereocenters. The molecule has 0 bridgehead atoms. The Labute approximate surface area is 146 Å². The number of aromatic nitrogens is 3. The molecule has 0 aromatic carbocycles. The Morgan fingerprint density at radius 2 is 2.12 bits per heavy atom. The molecule has 0 spiro atoms. The highest BCUT2D eigenvalue weighted by Gasteiger charge is 2.17. The quantitative estimate of drug-likeness (QED) is 0.519. The summed E-state index contributed by atoms with van der Waals surface area (Å²) in [6.07, 6.45) is 3.64.